The third-order valence-electron chi connectivity index (χ3n) is 6.41. The second kappa shape index (κ2) is 12.8. The van der Waals surface area contributed by atoms with Gasteiger partial charge in [-0.25, -0.2) is 9.59 Å². The van der Waals surface area contributed by atoms with Crippen LogP contribution in [0.1, 0.15) is 74.4 Å². The second-order valence-corrected chi connectivity index (χ2v) is 9.40. The van der Waals surface area contributed by atoms with E-state index >= 15 is 0 Å². The monoisotopic (exact) mass is 525 g/mol. The smallest absolute Gasteiger partial charge is 0.395 e. The van der Waals surface area contributed by atoms with Crippen molar-refractivity contribution < 1.29 is 34.2 Å². The summed E-state index contributed by atoms with van der Waals surface area (Å²) in [4.78, 5) is 65.9. The third-order valence-corrected chi connectivity index (χ3v) is 6.41. The number of aliphatic carboxylic acids is 1. The Balaban J connectivity index is 3.01. The molecule has 2 rings (SSSR count). The molecule has 1 atom stereocenters. The van der Waals surface area contributed by atoms with E-state index in [9.17, 15) is 34.2 Å². The molecule has 0 saturated heterocycles. The summed E-state index contributed by atoms with van der Waals surface area (Å²) in [6.07, 6.45) is 1.54. The van der Waals surface area contributed by atoms with Crippen LogP contribution >= 0.6 is 0 Å². The van der Waals surface area contributed by atoms with E-state index in [4.69, 9.17) is 5.73 Å². The highest BCUT2D eigenvalue weighted by Crippen LogP contribution is 2.35. The van der Waals surface area contributed by atoms with Gasteiger partial charge in [0.25, 0.3) is 5.91 Å². The van der Waals surface area contributed by atoms with Crippen molar-refractivity contribution in [2.24, 2.45) is 5.73 Å². The maximum Gasteiger partial charge on any atom is 0.395 e. The number of amides is 3. The normalized spacial score (nSPS) is 12.4. The van der Waals surface area contributed by atoms with Crippen molar-refractivity contribution in [3.8, 4) is 0 Å². The topological polar surface area (TPSA) is 158 Å². The zero-order chi connectivity index (χ0) is 28.6. The van der Waals surface area contributed by atoms with E-state index in [0.717, 1.165) is 16.9 Å². The Morgan fingerprint density at radius 2 is 1.63 bits per heavy atom. The third kappa shape index (κ3) is 6.37. The van der Waals surface area contributed by atoms with Gasteiger partial charge in [0.1, 0.15) is 0 Å². The summed E-state index contributed by atoms with van der Waals surface area (Å²) in [6.45, 7) is 7.06. The van der Waals surface area contributed by atoms with E-state index in [2.05, 4.69) is 0 Å². The highest BCUT2D eigenvalue weighted by atomic mass is 16.4. The largest absolute Gasteiger partial charge is 0.478 e. The van der Waals surface area contributed by atoms with Crippen molar-refractivity contribution in [3.05, 3.63) is 65.2 Å². The lowest BCUT2D eigenvalue weighted by Crippen LogP contribution is -2.72. The van der Waals surface area contributed by atoms with Crippen LogP contribution in [0.5, 0.6) is 0 Å². The average molecular weight is 526 g/mol. The number of hydrogen-bond acceptors (Lipinski definition) is 5. The van der Waals surface area contributed by atoms with Crippen LogP contribution in [0.3, 0.4) is 0 Å². The summed E-state index contributed by atoms with van der Waals surface area (Å²) >= 11 is 0. The highest BCUT2D eigenvalue weighted by Gasteiger charge is 2.54. The minimum absolute atomic E-state index is 0.0192. The molecule has 204 valence electrons. The number of benzene rings is 2. The maximum atomic E-state index is 13.5. The van der Waals surface area contributed by atoms with E-state index in [-0.39, 0.29) is 24.6 Å². The lowest BCUT2D eigenvalue weighted by Gasteiger charge is -2.48. The maximum absolute atomic E-state index is 13.5. The summed E-state index contributed by atoms with van der Waals surface area (Å²) in [6, 6.07) is 12.3. The fourth-order valence-corrected chi connectivity index (χ4v) is 4.52. The van der Waals surface area contributed by atoms with Gasteiger partial charge in [0.15, 0.2) is 0 Å². The number of carbonyl (C=O) groups excluding carboxylic acids is 3. The zero-order valence-electron chi connectivity index (χ0n) is 22.1. The van der Waals surface area contributed by atoms with Crippen LogP contribution in [0.25, 0.3) is 0 Å². The van der Waals surface area contributed by atoms with Gasteiger partial charge in [-0.1, -0.05) is 70.0 Å². The predicted octanol–water partition coefficient (Wildman–Crippen LogP) is 3.39. The van der Waals surface area contributed by atoms with E-state index in [1.165, 1.54) is 31.2 Å². The number of hydrogen-bond donors (Lipinski definition) is 3. The number of nitrogens with two attached hydrogens (primary N) is 1. The molecule has 0 aliphatic rings. The summed E-state index contributed by atoms with van der Waals surface area (Å²) < 4.78 is 0. The zero-order valence-corrected chi connectivity index (χ0v) is 22.1. The van der Waals surface area contributed by atoms with Gasteiger partial charge in [0, 0.05) is 19.9 Å². The highest BCUT2D eigenvalue weighted by molar-refractivity contribution is 6.39. The van der Waals surface area contributed by atoms with Crippen molar-refractivity contribution >= 4 is 35.3 Å². The first-order chi connectivity index (χ1) is 17.9. The molecule has 2 aromatic rings. The van der Waals surface area contributed by atoms with Crippen LogP contribution in [0.2, 0.25) is 0 Å². The molecule has 0 bridgehead atoms. The molecule has 4 N–H and O–H groups in total. The predicted molar refractivity (Wildman–Crippen MR) is 142 cm³/mol. The molecule has 38 heavy (non-hydrogen) atoms. The average Bonchev–Trinajstić information content (AvgIpc) is 2.86. The number of anilines is 1. The Morgan fingerprint density at radius 3 is 2.16 bits per heavy atom. The Kier molecular flexibility index (Phi) is 10.1. The Bertz CT molecular complexity index is 1210. The van der Waals surface area contributed by atoms with Gasteiger partial charge in [-0.05, 0) is 35.6 Å². The van der Waals surface area contributed by atoms with Crippen LogP contribution in [0, 0.1) is 0 Å². The molecule has 0 heterocycles. The van der Waals surface area contributed by atoms with E-state index in [1.807, 2.05) is 26.8 Å². The number of para-hydroxylation sites is 1. The fraction of sp³-hybridized carbons (Fsp3) is 0.393. The summed E-state index contributed by atoms with van der Waals surface area (Å²) in [5.74, 6) is -6.69. The first-order valence-electron chi connectivity index (χ1n) is 12.4. The van der Waals surface area contributed by atoms with Crippen molar-refractivity contribution in [1.29, 1.82) is 0 Å². The number of unbranched alkanes of at least 4 members (excludes halogenated alkanes) is 2. The molecule has 2 aromatic carbocycles. The number of carbonyl (C=O) groups is 5. The van der Waals surface area contributed by atoms with Crippen molar-refractivity contribution in [3.63, 3.8) is 0 Å². The molecule has 10 heteroatoms. The number of aromatic carboxylic acids is 1. The molecular weight excluding hydrogens is 490 g/mol. The van der Waals surface area contributed by atoms with Crippen molar-refractivity contribution in [2.75, 3.05) is 11.4 Å². The Labute approximate surface area is 222 Å². The quantitative estimate of drug-likeness (QED) is 0.218. The van der Waals surface area contributed by atoms with Crippen molar-refractivity contribution in [1.82, 2.24) is 4.90 Å². The van der Waals surface area contributed by atoms with Gasteiger partial charge in [-0.15, -0.1) is 0 Å². The van der Waals surface area contributed by atoms with Crippen LogP contribution < -0.4 is 10.6 Å². The molecule has 0 fully saturated rings. The lowest BCUT2D eigenvalue weighted by molar-refractivity contribution is -0.154. The SMILES string of the molecule is CCCCCN(C(C)=O)[C@@](Cc1cccc(C(C)C)c1)(C(N)=O)N(C(=O)C(=O)O)c1ccccc1C(=O)O. The number of nitrogens with zero attached hydrogens (tertiary/aromatic N) is 2. The lowest BCUT2D eigenvalue weighted by atomic mass is 9.90. The molecule has 3 amide bonds. The van der Waals surface area contributed by atoms with Crippen LogP contribution in [-0.2, 0) is 25.6 Å². The summed E-state index contributed by atoms with van der Waals surface area (Å²) in [5.41, 5.74) is 4.25. The van der Waals surface area contributed by atoms with E-state index in [0.29, 0.717) is 23.3 Å². The number of carboxylic acid groups (broad SMARTS) is 2. The first-order valence-corrected chi connectivity index (χ1v) is 12.4. The van der Waals surface area contributed by atoms with Crippen LogP contribution in [0.4, 0.5) is 5.69 Å². The molecule has 0 aliphatic carbocycles. The Morgan fingerprint density at radius 1 is 0.974 bits per heavy atom. The second-order valence-electron chi connectivity index (χ2n) is 9.40. The molecule has 10 nitrogen and oxygen atoms in total. The Hall–Kier alpha value is -4.21. The van der Waals surface area contributed by atoms with E-state index in [1.54, 1.807) is 18.2 Å². The van der Waals surface area contributed by atoms with Gasteiger partial charge >= 0.3 is 17.8 Å². The fourth-order valence-electron chi connectivity index (χ4n) is 4.52. The van der Waals surface area contributed by atoms with Crippen LogP contribution in [0.15, 0.2) is 48.5 Å². The standard InChI is InChI=1S/C28H35N3O7/c1-5-6-9-15-30(19(4)32)28(27(29)38,17-20-11-10-12-21(16-20)18(2)3)31(24(33)26(36)37)23-14-8-7-13-22(23)25(34)35/h7-8,10-14,16,18H,5-6,9,15,17H2,1-4H3,(H2,29,38)(H,34,35)(H,36,37)/t28-/m1/s1. The van der Waals surface area contributed by atoms with Gasteiger partial charge < -0.3 is 20.8 Å². The van der Waals surface area contributed by atoms with Crippen LogP contribution in [-0.4, -0.2) is 57.0 Å². The molecule has 0 aromatic heterocycles. The minimum Gasteiger partial charge on any atom is -0.478 e. The van der Waals surface area contributed by atoms with Gasteiger partial charge in [0.2, 0.25) is 11.6 Å². The molecule has 0 radical (unpaired) electrons. The number of rotatable bonds is 12. The molecule has 0 aliphatic heterocycles. The number of primary amides is 1. The van der Waals surface area contributed by atoms with Gasteiger partial charge in [0.05, 0.1) is 11.3 Å². The number of carboxylic acids is 2. The summed E-state index contributed by atoms with van der Waals surface area (Å²) in [5, 5.41) is 19.7. The first kappa shape index (κ1) is 30.0. The molecule has 0 unspecified atom stereocenters. The van der Waals surface area contributed by atoms with E-state index < -0.39 is 40.9 Å². The molecule has 0 saturated carbocycles. The minimum atomic E-state index is -2.36. The molecular formula is C28H35N3O7. The van der Waals surface area contributed by atoms with Crippen molar-refractivity contribution in [2.45, 2.75) is 65.0 Å². The van der Waals surface area contributed by atoms with Gasteiger partial charge in [-0.2, -0.15) is 0 Å². The summed E-state index contributed by atoms with van der Waals surface area (Å²) in [7, 11) is 0. The molecule has 0 spiro atoms. The van der Waals surface area contributed by atoms with Gasteiger partial charge in [-0.3, -0.25) is 19.3 Å².